The van der Waals surface area contributed by atoms with E-state index >= 15 is 0 Å². The lowest BCUT2D eigenvalue weighted by molar-refractivity contribution is -0.161. The number of phosphoric ester groups is 2. The Morgan fingerprint density at radius 3 is 0.618 bits per heavy atom. The molecule has 0 aromatic heterocycles. The van der Waals surface area contributed by atoms with Crippen LogP contribution in [0.15, 0.2) is 0 Å². The fourth-order valence-corrected chi connectivity index (χ4v) is 15.9. The predicted molar refractivity (Wildman–Crippen MR) is 455 cm³/mol. The van der Waals surface area contributed by atoms with Crippen LogP contribution in [0.2, 0.25) is 0 Å². The second kappa shape index (κ2) is 82.2. The van der Waals surface area contributed by atoms with Gasteiger partial charge in [-0.2, -0.15) is 0 Å². The zero-order valence-corrected chi connectivity index (χ0v) is 74.4. The van der Waals surface area contributed by atoms with E-state index in [9.17, 15) is 43.2 Å². The van der Waals surface area contributed by atoms with Crippen LogP contribution >= 0.6 is 15.6 Å². The molecule has 0 saturated heterocycles. The van der Waals surface area contributed by atoms with Gasteiger partial charge in [-0.15, -0.1) is 0 Å². The van der Waals surface area contributed by atoms with Gasteiger partial charge in [0.2, 0.25) is 0 Å². The molecule has 0 fully saturated rings. The third-order valence-electron chi connectivity index (χ3n) is 21.5. The molecule has 0 aliphatic heterocycles. The lowest BCUT2D eigenvalue weighted by Gasteiger charge is -2.21. The standard InChI is InChI=1S/C91H178O17P2/c1-7-9-11-13-15-17-19-21-22-23-24-25-26-27-28-31-39-45-51-57-63-69-75-90(95)107-87(80-102-89(94)74-68-62-56-50-44-38-32-29-30-36-41-47-53-59-65-71-83(3)4)82-106-110(99,100)104-78-85(92)77-103-109(97,98)105-81-86(79-101-88(93)73-67-61-55-49-43-35-20-18-16-14-12-10-8-2)108-91(96)76-70-64-58-52-46-40-34-33-37-42-48-54-60-66-72-84(5)6/h83-87,92H,7-82H2,1-6H3,(H,97,98)(H,99,100)/t85-,86+,87+/m0/s1. The first-order valence-corrected chi connectivity index (χ1v) is 50.0. The Morgan fingerprint density at radius 2 is 0.418 bits per heavy atom. The Balaban J connectivity index is 5.25. The molecule has 0 spiro atoms. The van der Waals surface area contributed by atoms with E-state index in [2.05, 4.69) is 41.5 Å². The van der Waals surface area contributed by atoms with Crippen LogP contribution in [0.4, 0.5) is 0 Å². The van der Waals surface area contributed by atoms with Crippen molar-refractivity contribution >= 4 is 39.5 Å². The first-order chi connectivity index (χ1) is 53.4. The van der Waals surface area contributed by atoms with Gasteiger partial charge in [0.25, 0.3) is 0 Å². The van der Waals surface area contributed by atoms with Crippen molar-refractivity contribution in [1.82, 2.24) is 0 Å². The summed E-state index contributed by atoms with van der Waals surface area (Å²) in [5.41, 5.74) is 0. The summed E-state index contributed by atoms with van der Waals surface area (Å²) in [6, 6.07) is 0. The van der Waals surface area contributed by atoms with Crippen molar-refractivity contribution in [2.75, 3.05) is 39.6 Å². The lowest BCUT2D eigenvalue weighted by atomic mass is 10.0. The minimum atomic E-state index is -4.97. The maximum absolute atomic E-state index is 13.2. The van der Waals surface area contributed by atoms with Gasteiger partial charge in [-0.25, -0.2) is 9.13 Å². The van der Waals surface area contributed by atoms with Gasteiger partial charge < -0.3 is 33.8 Å². The first kappa shape index (κ1) is 108. The number of hydrogen-bond acceptors (Lipinski definition) is 15. The Bertz CT molecular complexity index is 2100. The molecule has 0 aromatic carbocycles. The van der Waals surface area contributed by atoms with Crippen molar-refractivity contribution in [1.29, 1.82) is 0 Å². The molecule has 0 rings (SSSR count). The van der Waals surface area contributed by atoms with Crippen LogP contribution in [0.1, 0.15) is 491 Å². The third kappa shape index (κ3) is 84.0. The van der Waals surface area contributed by atoms with Crippen molar-refractivity contribution in [2.24, 2.45) is 11.8 Å². The topological polar surface area (TPSA) is 237 Å². The molecule has 110 heavy (non-hydrogen) atoms. The Morgan fingerprint density at radius 1 is 0.245 bits per heavy atom. The second-order valence-corrected chi connectivity index (χ2v) is 36.6. The summed E-state index contributed by atoms with van der Waals surface area (Å²) in [6.07, 6.45) is 76.4. The summed E-state index contributed by atoms with van der Waals surface area (Å²) in [6.45, 7) is 9.76. The highest BCUT2D eigenvalue weighted by molar-refractivity contribution is 7.47. The predicted octanol–water partition coefficient (Wildman–Crippen LogP) is 28.2. The summed E-state index contributed by atoms with van der Waals surface area (Å²) < 4.78 is 69.1. The van der Waals surface area contributed by atoms with Gasteiger partial charge in [0.05, 0.1) is 26.4 Å². The van der Waals surface area contributed by atoms with Gasteiger partial charge in [0.1, 0.15) is 19.3 Å². The highest BCUT2D eigenvalue weighted by atomic mass is 31.2. The number of ether oxygens (including phenoxy) is 4. The van der Waals surface area contributed by atoms with E-state index in [1.807, 2.05) is 0 Å². The average molecular weight is 1610 g/mol. The summed E-state index contributed by atoms with van der Waals surface area (Å²) in [4.78, 5) is 73.4. The Labute approximate surface area is 677 Å². The average Bonchev–Trinajstić information content (AvgIpc) is 0.899. The third-order valence-corrected chi connectivity index (χ3v) is 23.4. The number of unbranched alkanes of at least 4 members (excludes halogenated alkanes) is 60. The summed E-state index contributed by atoms with van der Waals surface area (Å²) >= 11 is 0. The first-order valence-electron chi connectivity index (χ1n) is 47.0. The van der Waals surface area contributed by atoms with Gasteiger partial charge in [-0.05, 0) is 37.5 Å². The smallest absolute Gasteiger partial charge is 0.462 e. The number of phosphoric acid groups is 2. The van der Waals surface area contributed by atoms with Gasteiger partial charge in [0, 0.05) is 25.7 Å². The van der Waals surface area contributed by atoms with E-state index in [-0.39, 0.29) is 25.7 Å². The van der Waals surface area contributed by atoms with Crippen LogP contribution in [-0.2, 0) is 65.4 Å². The van der Waals surface area contributed by atoms with Crippen LogP contribution in [0.3, 0.4) is 0 Å². The molecule has 654 valence electrons. The zero-order valence-electron chi connectivity index (χ0n) is 72.6. The van der Waals surface area contributed by atoms with Crippen LogP contribution in [-0.4, -0.2) is 96.7 Å². The SMILES string of the molecule is CCCCCCCCCCCCCCCCCCCCCCCCC(=O)O[C@H](COC(=O)CCCCCCCCCCCCCCCCCC(C)C)COP(=O)(O)OC[C@@H](O)COP(=O)(O)OC[C@@H](COC(=O)CCCCCCCCCCCCCCC)OC(=O)CCCCCCCCCCCCCCCCC(C)C. The molecule has 2 unspecified atom stereocenters. The van der Waals surface area contributed by atoms with E-state index < -0.39 is 97.5 Å². The van der Waals surface area contributed by atoms with E-state index in [4.69, 9.17) is 37.0 Å². The van der Waals surface area contributed by atoms with Gasteiger partial charge in [-0.3, -0.25) is 37.3 Å². The van der Waals surface area contributed by atoms with E-state index in [1.54, 1.807) is 0 Å². The fraction of sp³-hybridized carbons (Fsp3) is 0.956. The quantitative estimate of drug-likeness (QED) is 0.0222. The van der Waals surface area contributed by atoms with Crippen molar-refractivity contribution < 1.29 is 80.2 Å². The normalized spacial score (nSPS) is 13.7. The monoisotopic (exact) mass is 1610 g/mol. The van der Waals surface area contributed by atoms with Crippen LogP contribution in [0, 0.1) is 11.8 Å². The number of carbonyl (C=O) groups is 4. The molecule has 0 saturated carbocycles. The van der Waals surface area contributed by atoms with Gasteiger partial charge >= 0.3 is 39.5 Å². The van der Waals surface area contributed by atoms with Gasteiger partial charge in [-0.1, -0.05) is 440 Å². The lowest BCUT2D eigenvalue weighted by Crippen LogP contribution is -2.30. The number of aliphatic hydroxyl groups excluding tert-OH is 1. The van der Waals surface area contributed by atoms with Crippen molar-refractivity contribution in [3.05, 3.63) is 0 Å². The number of aliphatic hydroxyl groups is 1. The number of carbonyl (C=O) groups excluding carboxylic acids is 4. The highest BCUT2D eigenvalue weighted by Gasteiger charge is 2.31. The molecule has 5 atom stereocenters. The van der Waals surface area contributed by atoms with E-state index in [0.717, 1.165) is 102 Å². The molecular formula is C91H178O17P2. The molecule has 0 amide bonds. The number of rotatable bonds is 90. The largest absolute Gasteiger partial charge is 0.472 e. The molecule has 0 aliphatic rings. The minimum Gasteiger partial charge on any atom is -0.462 e. The van der Waals surface area contributed by atoms with Crippen LogP contribution < -0.4 is 0 Å². The maximum atomic E-state index is 13.2. The fourth-order valence-electron chi connectivity index (χ4n) is 14.3. The van der Waals surface area contributed by atoms with E-state index in [0.29, 0.717) is 25.7 Å². The number of hydrogen-bond donors (Lipinski definition) is 3. The molecule has 3 N–H and O–H groups in total. The van der Waals surface area contributed by atoms with Crippen LogP contribution in [0.25, 0.3) is 0 Å². The van der Waals surface area contributed by atoms with Crippen molar-refractivity contribution in [2.45, 2.75) is 509 Å². The summed E-state index contributed by atoms with van der Waals surface area (Å²) in [5, 5.41) is 10.7. The minimum absolute atomic E-state index is 0.108. The summed E-state index contributed by atoms with van der Waals surface area (Å²) in [5.74, 6) is -0.493. The second-order valence-electron chi connectivity index (χ2n) is 33.6. The maximum Gasteiger partial charge on any atom is 0.472 e. The molecule has 0 aliphatic carbocycles. The number of esters is 4. The van der Waals surface area contributed by atoms with E-state index in [1.165, 1.54) is 308 Å². The molecule has 19 heteroatoms. The zero-order chi connectivity index (χ0) is 80.6. The molecule has 17 nitrogen and oxygen atoms in total. The molecule has 0 radical (unpaired) electrons. The van der Waals surface area contributed by atoms with Crippen molar-refractivity contribution in [3.63, 3.8) is 0 Å². The molecular weight excluding hydrogens is 1430 g/mol. The summed E-state index contributed by atoms with van der Waals surface area (Å²) in [7, 11) is -9.94. The highest BCUT2D eigenvalue weighted by Crippen LogP contribution is 2.45. The molecule has 0 bridgehead atoms. The van der Waals surface area contributed by atoms with Gasteiger partial charge in [0.15, 0.2) is 12.2 Å². The Kier molecular flexibility index (Phi) is 80.7. The van der Waals surface area contributed by atoms with Crippen LogP contribution in [0.5, 0.6) is 0 Å². The van der Waals surface area contributed by atoms with Crippen molar-refractivity contribution in [3.8, 4) is 0 Å². The Hall–Kier alpha value is -1.94. The molecule has 0 aromatic rings. The molecule has 0 heterocycles.